The predicted molar refractivity (Wildman–Crippen MR) is 79.8 cm³/mol. The fourth-order valence-electron chi connectivity index (χ4n) is 2.15. The molecule has 0 radical (unpaired) electrons. The third-order valence-corrected chi connectivity index (χ3v) is 3.31. The van der Waals surface area contributed by atoms with Crippen LogP contribution in [0.25, 0.3) is 0 Å². The minimum absolute atomic E-state index is 0.0150. The molecule has 0 spiro atoms. The molecule has 21 heavy (non-hydrogen) atoms. The zero-order valence-electron chi connectivity index (χ0n) is 12.7. The fourth-order valence-corrected chi connectivity index (χ4v) is 2.15. The number of imidazole rings is 1. The molecule has 1 amide bonds. The summed E-state index contributed by atoms with van der Waals surface area (Å²) in [6, 6.07) is -0.272. The quantitative estimate of drug-likeness (QED) is 0.878. The first kappa shape index (κ1) is 15.2. The molecular weight excluding hydrogens is 266 g/mol. The van der Waals surface area contributed by atoms with Gasteiger partial charge in [-0.05, 0) is 6.92 Å². The van der Waals surface area contributed by atoms with E-state index < -0.39 is 0 Å². The van der Waals surface area contributed by atoms with E-state index in [1.54, 1.807) is 24.8 Å². The molecule has 2 aromatic heterocycles. The van der Waals surface area contributed by atoms with E-state index >= 15 is 0 Å². The number of rotatable bonds is 6. The second-order valence-electron chi connectivity index (χ2n) is 5.26. The summed E-state index contributed by atoms with van der Waals surface area (Å²) < 4.78 is 1.92. The third kappa shape index (κ3) is 3.87. The lowest BCUT2D eigenvalue weighted by atomic mass is 10.2. The highest BCUT2D eigenvalue weighted by Gasteiger charge is 2.18. The number of hydrogen-bond acceptors (Lipinski definition) is 4. The van der Waals surface area contributed by atoms with Gasteiger partial charge in [0.1, 0.15) is 11.9 Å². The van der Waals surface area contributed by atoms with Gasteiger partial charge in [-0.1, -0.05) is 13.8 Å². The smallest absolute Gasteiger partial charge is 0.242 e. The van der Waals surface area contributed by atoms with Gasteiger partial charge >= 0.3 is 0 Å². The normalized spacial score (nSPS) is 12.4. The minimum Gasteiger partial charge on any atom is -0.354 e. The first-order valence-corrected chi connectivity index (χ1v) is 7.15. The van der Waals surface area contributed by atoms with Crippen LogP contribution in [0.4, 0.5) is 0 Å². The lowest BCUT2D eigenvalue weighted by Gasteiger charge is -2.17. The molecule has 6 heteroatoms. The molecule has 0 aromatic carbocycles. The number of nitrogens with one attached hydrogen (secondary N) is 1. The third-order valence-electron chi connectivity index (χ3n) is 3.31. The van der Waals surface area contributed by atoms with Gasteiger partial charge in [-0.25, -0.2) is 4.98 Å². The fraction of sp³-hybridized carbons (Fsp3) is 0.467. The van der Waals surface area contributed by atoms with Crippen LogP contribution in [0.5, 0.6) is 0 Å². The summed E-state index contributed by atoms with van der Waals surface area (Å²) in [7, 11) is 0. The van der Waals surface area contributed by atoms with Crippen molar-refractivity contribution in [1.29, 1.82) is 0 Å². The van der Waals surface area contributed by atoms with E-state index in [1.165, 1.54) is 0 Å². The van der Waals surface area contributed by atoms with Gasteiger partial charge in [0.2, 0.25) is 5.91 Å². The van der Waals surface area contributed by atoms with Crippen LogP contribution >= 0.6 is 0 Å². The number of carbonyl (C=O) groups is 1. The van der Waals surface area contributed by atoms with Crippen molar-refractivity contribution in [1.82, 2.24) is 24.8 Å². The Morgan fingerprint density at radius 3 is 2.71 bits per heavy atom. The molecule has 1 N–H and O–H groups in total. The predicted octanol–water partition coefficient (Wildman–Crippen LogP) is 1.72. The number of amides is 1. The molecule has 2 aromatic rings. The van der Waals surface area contributed by atoms with Crippen LogP contribution < -0.4 is 5.32 Å². The molecule has 112 valence electrons. The van der Waals surface area contributed by atoms with Crippen LogP contribution in [0, 0.1) is 0 Å². The topological polar surface area (TPSA) is 72.7 Å². The van der Waals surface area contributed by atoms with E-state index in [1.807, 2.05) is 17.7 Å². The minimum atomic E-state index is -0.272. The second-order valence-corrected chi connectivity index (χ2v) is 5.26. The van der Waals surface area contributed by atoms with Crippen molar-refractivity contribution in [3.63, 3.8) is 0 Å². The standard InChI is InChI=1S/C15H21N5O/c1-11(2)14-18-8-9-20(14)12(3)15(21)19-5-4-13-10-16-6-7-17-13/h6-12H,4-5H2,1-3H3,(H,19,21)/t12-/m1/s1. The van der Waals surface area contributed by atoms with Gasteiger partial charge in [-0.3, -0.25) is 14.8 Å². The lowest BCUT2D eigenvalue weighted by Crippen LogP contribution is -2.33. The summed E-state index contributed by atoms with van der Waals surface area (Å²) in [4.78, 5) is 24.7. The summed E-state index contributed by atoms with van der Waals surface area (Å²) in [5, 5.41) is 2.93. The highest BCUT2D eigenvalue weighted by molar-refractivity contribution is 5.79. The van der Waals surface area contributed by atoms with Crippen LogP contribution in [0.1, 0.15) is 44.2 Å². The van der Waals surface area contributed by atoms with Gasteiger partial charge in [-0.15, -0.1) is 0 Å². The molecule has 6 nitrogen and oxygen atoms in total. The van der Waals surface area contributed by atoms with Crippen molar-refractivity contribution >= 4 is 5.91 Å². The molecule has 0 aliphatic rings. The Morgan fingerprint density at radius 1 is 1.24 bits per heavy atom. The van der Waals surface area contributed by atoms with Crippen molar-refractivity contribution in [2.45, 2.75) is 39.2 Å². The maximum absolute atomic E-state index is 12.2. The number of nitrogens with zero attached hydrogens (tertiary/aromatic N) is 4. The van der Waals surface area contributed by atoms with E-state index in [-0.39, 0.29) is 17.9 Å². The van der Waals surface area contributed by atoms with Gasteiger partial charge in [0.05, 0.1) is 5.69 Å². The molecular formula is C15H21N5O. The van der Waals surface area contributed by atoms with Gasteiger partial charge < -0.3 is 9.88 Å². The van der Waals surface area contributed by atoms with Gasteiger partial charge in [0.15, 0.2) is 0 Å². The van der Waals surface area contributed by atoms with Gasteiger partial charge in [-0.2, -0.15) is 0 Å². The van der Waals surface area contributed by atoms with Crippen molar-refractivity contribution in [2.75, 3.05) is 6.54 Å². The van der Waals surface area contributed by atoms with Gasteiger partial charge in [0.25, 0.3) is 0 Å². The zero-order valence-corrected chi connectivity index (χ0v) is 12.7. The van der Waals surface area contributed by atoms with Crippen molar-refractivity contribution in [3.8, 4) is 0 Å². The van der Waals surface area contributed by atoms with E-state index in [2.05, 4.69) is 34.1 Å². The average Bonchev–Trinajstić information content (AvgIpc) is 2.97. The van der Waals surface area contributed by atoms with E-state index in [9.17, 15) is 4.79 Å². The molecule has 0 fully saturated rings. The Labute approximate surface area is 124 Å². The van der Waals surface area contributed by atoms with E-state index in [0.29, 0.717) is 13.0 Å². The number of carbonyl (C=O) groups excluding carboxylic acids is 1. The molecule has 0 saturated heterocycles. The molecule has 0 saturated carbocycles. The van der Waals surface area contributed by atoms with E-state index in [4.69, 9.17) is 0 Å². The Morgan fingerprint density at radius 2 is 2.05 bits per heavy atom. The zero-order chi connectivity index (χ0) is 15.2. The highest BCUT2D eigenvalue weighted by Crippen LogP contribution is 2.17. The lowest BCUT2D eigenvalue weighted by molar-refractivity contribution is -0.123. The van der Waals surface area contributed by atoms with Crippen LogP contribution in [0.15, 0.2) is 31.0 Å². The summed E-state index contributed by atoms with van der Waals surface area (Å²) in [6.45, 7) is 6.56. The Balaban J connectivity index is 1.89. The number of aromatic nitrogens is 4. The Hall–Kier alpha value is -2.24. The molecule has 0 aliphatic heterocycles. The molecule has 1 atom stereocenters. The van der Waals surface area contributed by atoms with E-state index in [0.717, 1.165) is 11.5 Å². The first-order chi connectivity index (χ1) is 10.1. The Bertz CT molecular complexity index is 579. The monoisotopic (exact) mass is 287 g/mol. The summed E-state index contributed by atoms with van der Waals surface area (Å²) in [6.07, 6.45) is 9.26. The molecule has 2 rings (SSSR count). The van der Waals surface area contributed by atoms with Crippen LogP contribution in [-0.4, -0.2) is 32.0 Å². The van der Waals surface area contributed by atoms with Crippen molar-refractivity contribution in [2.24, 2.45) is 0 Å². The maximum Gasteiger partial charge on any atom is 0.242 e. The summed E-state index contributed by atoms with van der Waals surface area (Å²) in [5.41, 5.74) is 0.871. The maximum atomic E-state index is 12.2. The van der Waals surface area contributed by atoms with Crippen LogP contribution in [0.3, 0.4) is 0 Å². The summed E-state index contributed by atoms with van der Waals surface area (Å²) >= 11 is 0. The van der Waals surface area contributed by atoms with Crippen molar-refractivity contribution < 1.29 is 4.79 Å². The summed E-state index contributed by atoms with van der Waals surface area (Å²) in [5.74, 6) is 1.19. The second kappa shape index (κ2) is 6.97. The first-order valence-electron chi connectivity index (χ1n) is 7.15. The van der Waals surface area contributed by atoms with Crippen LogP contribution in [-0.2, 0) is 11.2 Å². The molecule has 0 bridgehead atoms. The SMILES string of the molecule is CC(C)c1nccn1[C@H](C)C(=O)NCCc1cnccn1. The van der Waals surface area contributed by atoms with Gasteiger partial charge in [0, 0.05) is 49.9 Å². The Kier molecular flexibility index (Phi) is 5.03. The molecule has 2 heterocycles. The largest absolute Gasteiger partial charge is 0.354 e. The van der Waals surface area contributed by atoms with Crippen molar-refractivity contribution in [3.05, 3.63) is 42.5 Å². The highest BCUT2D eigenvalue weighted by atomic mass is 16.2. The molecule has 0 aliphatic carbocycles. The average molecular weight is 287 g/mol. The molecule has 0 unspecified atom stereocenters. The van der Waals surface area contributed by atoms with Crippen LogP contribution in [0.2, 0.25) is 0 Å². The number of hydrogen-bond donors (Lipinski definition) is 1.